The maximum Gasteiger partial charge on any atom is 0.261 e. The van der Waals surface area contributed by atoms with Gasteiger partial charge in [0.1, 0.15) is 11.6 Å². The summed E-state index contributed by atoms with van der Waals surface area (Å²) < 4.78 is 18.7. The van der Waals surface area contributed by atoms with E-state index in [4.69, 9.17) is 16.3 Å². The Morgan fingerprint density at radius 2 is 1.67 bits per heavy atom. The minimum absolute atomic E-state index is 0.00821. The van der Waals surface area contributed by atoms with Crippen molar-refractivity contribution < 1.29 is 13.9 Å². The van der Waals surface area contributed by atoms with Crippen molar-refractivity contribution in [3.8, 4) is 5.75 Å². The Morgan fingerprint density at radius 1 is 1.07 bits per heavy atom. The molecule has 27 heavy (non-hydrogen) atoms. The Balaban J connectivity index is 1.55. The van der Waals surface area contributed by atoms with Gasteiger partial charge in [-0.05, 0) is 55.8 Å². The van der Waals surface area contributed by atoms with Crippen molar-refractivity contribution in [2.24, 2.45) is 0 Å². The van der Waals surface area contributed by atoms with E-state index in [0.717, 1.165) is 25.2 Å². The van der Waals surface area contributed by atoms with E-state index in [1.807, 2.05) is 30.9 Å². The second-order valence-electron chi connectivity index (χ2n) is 7.06. The van der Waals surface area contributed by atoms with Crippen molar-refractivity contribution in [1.82, 2.24) is 9.80 Å². The Bertz CT molecular complexity index is 755. The number of hydrogen-bond donors (Lipinski definition) is 0. The van der Waals surface area contributed by atoms with Gasteiger partial charge in [0.25, 0.3) is 5.91 Å². The number of carbonyl (C=O) groups excluding carboxylic acids is 1. The van der Waals surface area contributed by atoms with Gasteiger partial charge in [0.2, 0.25) is 0 Å². The van der Waals surface area contributed by atoms with Crippen LogP contribution >= 0.6 is 11.6 Å². The van der Waals surface area contributed by atoms with Crippen molar-refractivity contribution in [2.45, 2.75) is 32.5 Å². The fourth-order valence-electron chi connectivity index (χ4n) is 3.65. The molecule has 2 aromatic rings. The number of amides is 1. The molecule has 0 radical (unpaired) electrons. The molecule has 0 N–H and O–H groups in total. The summed E-state index contributed by atoms with van der Waals surface area (Å²) in [5.74, 6) is 0.381. The highest BCUT2D eigenvalue weighted by atomic mass is 35.5. The second kappa shape index (κ2) is 8.72. The predicted octanol–water partition coefficient (Wildman–Crippen LogP) is 3.98. The van der Waals surface area contributed by atoms with E-state index in [9.17, 15) is 9.18 Å². The molecule has 144 valence electrons. The summed E-state index contributed by atoms with van der Waals surface area (Å²) in [6.07, 6.45) is 0. The van der Waals surface area contributed by atoms with Crippen LogP contribution in [0.4, 0.5) is 4.39 Å². The van der Waals surface area contributed by atoms with E-state index in [2.05, 4.69) is 4.90 Å². The number of ether oxygens (including phenoxy) is 1. The molecule has 0 saturated carbocycles. The van der Waals surface area contributed by atoms with Gasteiger partial charge in [0, 0.05) is 36.7 Å². The van der Waals surface area contributed by atoms with Gasteiger partial charge in [-0.15, -0.1) is 0 Å². The molecule has 0 aromatic heterocycles. The molecule has 2 aromatic carbocycles. The molecule has 2 unspecified atom stereocenters. The summed E-state index contributed by atoms with van der Waals surface area (Å²) in [6.45, 7) is 6.40. The quantitative estimate of drug-likeness (QED) is 0.774. The fraction of sp³-hybridized carbons (Fsp3) is 0.381. The first-order valence-electron chi connectivity index (χ1n) is 9.08. The lowest BCUT2D eigenvalue weighted by Gasteiger charge is -2.44. The summed E-state index contributed by atoms with van der Waals surface area (Å²) in [7, 11) is 0. The highest BCUT2D eigenvalue weighted by Crippen LogP contribution is 2.20. The summed E-state index contributed by atoms with van der Waals surface area (Å²) >= 11 is 5.86. The van der Waals surface area contributed by atoms with Gasteiger partial charge in [-0.1, -0.05) is 23.7 Å². The van der Waals surface area contributed by atoms with Gasteiger partial charge in [-0.2, -0.15) is 0 Å². The zero-order valence-corrected chi connectivity index (χ0v) is 16.3. The van der Waals surface area contributed by atoms with Crippen molar-refractivity contribution in [3.63, 3.8) is 0 Å². The zero-order chi connectivity index (χ0) is 19.4. The van der Waals surface area contributed by atoms with Crippen LogP contribution in [0.3, 0.4) is 0 Å². The maximum atomic E-state index is 13.1. The van der Waals surface area contributed by atoms with Crippen LogP contribution in [0.5, 0.6) is 5.75 Å². The molecule has 1 heterocycles. The van der Waals surface area contributed by atoms with Gasteiger partial charge in [-0.3, -0.25) is 9.69 Å². The smallest absolute Gasteiger partial charge is 0.261 e. The molecule has 0 spiro atoms. The van der Waals surface area contributed by atoms with Gasteiger partial charge >= 0.3 is 0 Å². The molecule has 4 nitrogen and oxygen atoms in total. The number of nitrogens with zero attached hydrogens (tertiary/aromatic N) is 2. The molecule has 0 bridgehead atoms. The van der Waals surface area contributed by atoms with E-state index in [-0.39, 0.29) is 30.4 Å². The molecular formula is C21H24ClFN2O2. The minimum atomic E-state index is -0.225. The molecule has 3 rings (SSSR count). The van der Waals surface area contributed by atoms with Crippen molar-refractivity contribution >= 4 is 17.5 Å². The van der Waals surface area contributed by atoms with Crippen LogP contribution in [-0.4, -0.2) is 47.5 Å². The first-order chi connectivity index (χ1) is 12.9. The third-order valence-corrected chi connectivity index (χ3v) is 5.03. The third-order valence-electron chi connectivity index (χ3n) is 4.78. The lowest BCUT2D eigenvalue weighted by Crippen LogP contribution is -2.59. The third kappa shape index (κ3) is 5.21. The lowest BCUT2D eigenvalue weighted by atomic mass is 10.1. The Morgan fingerprint density at radius 3 is 2.26 bits per heavy atom. The largest absolute Gasteiger partial charge is 0.484 e. The zero-order valence-electron chi connectivity index (χ0n) is 15.6. The van der Waals surface area contributed by atoms with E-state index >= 15 is 0 Å². The fourth-order valence-corrected chi connectivity index (χ4v) is 3.78. The Labute approximate surface area is 164 Å². The SMILES string of the molecule is CC1CN(Cc2ccc(F)cc2)CC(C)N1C(=O)COc1ccc(Cl)cc1. The standard InChI is InChI=1S/C21H24ClFN2O2/c1-15-11-24(13-17-3-7-19(23)8-4-17)12-16(2)25(15)21(26)14-27-20-9-5-18(22)6-10-20/h3-10,15-16H,11-14H2,1-2H3. The highest BCUT2D eigenvalue weighted by molar-refractivity contribution is 6.30. The first kappa shape index (κ1) is 19.6. The average Bonchev–Trinajstić information content (AvgIpc) is 2.62. The van der Waals surface area contributed by atoms with Crippen molar-refractivity contribution in [1.29, 1.82) is 0 Å². The number of piperazine rings is 1. The summed E-state index contributed by atoms with van der Waals surface area (Å²) in [6, 6.07) is 13.7. The lowest BCUT2D eigenvalue weighted by molar-refractivity contribution is -0.141. The van der Waals surface area contributed by atoms with Crippen LogP contribution in [-0.2, 0) is 11.3 Å². The number of carbonyl (C=O) groups is 1. The normalized spacial score (nSPS) is 20.5. The molecule has 0 aliphatic carbocycles. The molecule has 6 heteroatoms. The molecule has 1 aliphatic heterocycles. The topological polar surface area (TPSA) is 32.8 Å². The van der Waals surface area contributed by atoms with Gasteiger partial charge in [0.05, 0.1) is 0 Å². The summed E-state index contributed by atoms with van der Waals surface area (Å²) in [5, 5.41) is 0.633. The minimum Gasteiger partial charge on any atom is -0.484 e. The van der Waals surface area contributed by atoms with Gasteiger partial charge < -0.3 is 9.64 Å². The highest BCUT2D eigenvalue weighted by Gasteiger charge is 2.32. The molecular weight excluding hydrogens is 367 g/mol. The van der Waals surface area contributed by atoms with E-state index < -0.39 is 0 Å². The first-order valence-corrected chi connectivity index (χ1v) is 9.46. The molecule has 1 fully saturated rings. The van der Waals surface area contributed by atoms with Crippen LogP contribution in [0.2, 0.25) is 5.02 Å². The molecule has 2 atom stereocenters. The van der Waals surface area contributed by atoms with Crippen LogP contribution in [0.25, 0.3) is 0 Å². The van der Waals surface area contributed by atoms with Crippen molar-refractivity contribution in [2.75, 3.05) is 19.7 Å². The molecule has 1 saturated heterocycles. The van der Waals surface area contributed by atoms with E-state index in [0.29, 0.717) is 10.8 Å². The molecule has 1 aliphatic rings. The van der Waals surface area contributed by atoms with Crippen LogP contribution in [0, 0.1) is 5.82 Å². The predicted molar refractivity (Wildman–Crippen MR) is 104 cm³/mol. The van der Waals surface area contributed by atoms with Crippen LogP contribution < -0.4 is 4.74 Å². The Hall–Kier alpha value is -2.11. The van der Waals surface area contributed by atoms with Gasteiger partial charge in [0.15, 0.2) is 6.61 Å². The monoisotopic (exact) mass is 390 g/mol. The Kier molecular flexibility index (Phi) is 6.34. The summed E-state index contributed by atoms with van der Waals surface area (Å²) in [5.41, 5.74) is 1.07. The van der Waals surface area contributed by atoms with Crippen molar-refractivity contribution in [3.05, 3.63) is 64.9 Å². The number of rotatable bonds is 5. The number of benzene rings is 2. The van der Waals surface area contributed by atoms with E-state index in [1.54, 1.807) is 24.3 Å². The average molecular weight is 391 g/mol. The number of hydrogen-bond acceptors (Lipinski definition) is 3. The van der Waals surface area contributed by atoms with Crippen LogP contribution in [0.15, 0.2) is 48.5 Å². The summed E-state index contributed by atoms with van der Waals surface area (Å²) in [4.78, 5) is 16.9. The number of halogens is 2. The van der Waals surface area contributed by atoms with Gasteiger partial charge in [-0.25, -0.2) is 4.39 Å². The van der Waals surface area contributed by atoms with E-state index in [1.165, 1.54) is 12.1 Å². The van der Waals surface area contributed by atoms with Crippen LogP contribution in [0.1, 0.15) is 19.4 Å². The maximum absolute atomic E-state index is 13.1. The second-order valence-corrected chi connectivity index (χ2v) is 7.50. The molecule has 1 amide bonds.